The van der Waals surface area contributed by atoms with Gasteiger partial charge in [0.15, 0.2) is 0 Å². The van der Waals surface area contributed by atoms with Crippen molar-refractivity contribution in [3.05, 3.63) is 0 Å². The van der Waals surface area contributed by atoms with Gasteiger partial charge in [-0.3, -0.25) is 8.74 Å². The highest BCUT2D eigenvalue weighted by Gasteiger charge is 2.29. The van der Waals surface area contributed by atoms with Crippen LogP contribution in [0, 0.1) is 5.92 Å². The highest BCUT2D eigenvalue weighted by atomic mass is 32.2. The highest BCUT2D eigenvalue weighted by molar-refractivity contribution is 7.74. The molecular formula is C9H20O4S. The SMILES string of the molecule is CC(C)CCC(OS(=O)O)C(C)(C)O. The van der Waals surface area contributed by atoms with Gasteiger partial charge < -0.3 is 5.11 Å². The van der Waals surface area contributed by atoms with E-state index in [0.717, 1.165) is 6.42 Å². The van der Waals surface area contributed by atoms with Crippen LogP contribution in [0.25, 0.3) is 0 Å². The van der Waals surface area contributed by atoms with Crippen molar-refractivity contribution in [3.8, 4) is 0 Å². The third kappa shape index (κ3) is 6.48. The van der Waals surface area contributed by atoms with Crippen molar-refractivity contribution >= 4 is 11.4 Å². The van der Waals surface area contributed by atoms with Crippen LogP contribution in [0.3, 0.4) is 0 Å². The molecular weight excluding hydrogens is 204 g/mol. The Hall–Kier alpha value is 0.0300. The van der Waals surface area contributed by atoms with Gasteiger partial charge in [0.1, 0.15) is 6.10 Å². The maximum atomic E-state index is 10.5. The zero-order valence-electron chi connectivity index (χ0n) is 9.19. The van der Waals surface area contributed by atoms with E-state index in [1.54, 1.807) is 13.8 Å². The molecule has 4 nitrogen and oxygen atoms in total. The number of hydrogen-bond acceptors (Lipinski definition) is 3. The minimum atomic E-state index is -2.32. The summed E-state index contributed by atoms with van der Waals surface area (Å²) in [6.45, 7) is 7.25. The molecule has 86 valence electrons. The minimum absolute atomic E-state index is 0.482. The quantitative estimate of drug-likeness (QED) is 0.674. The molecule has 0 amide bonds. The Labute approximate surface area is 88.2 Å². The van der Waals surface area contributed by atoms with E-state index < -0.39 is 23.1 Å². The third-order valence-corrected chi connectivity index (χ3v) is 2.39. The zero-order chi connectivity index (χ0) is 11.4. The fourth-order valence-electron chi connectivity index (χ4n) is 1.10. The lowest BCUT2D eigenvalue weighted by atomic mass is 9.95. The summed E-state index contributed by atoms with van der Waals surface area (Å²) in [6, 6.07) is 0. The monoisotopic (exact) mass is 224 g/mol. The molecule has 0 aromatic heterocycles. The van der Waals surface area contributed by atoms with Gasteiger partial charge in [0.2, 0.25) is 0 Å². The van der Waals surface area contributed by atoms with Crippen LogP contribution in [0.15, 0.2) is 0 Å². The van der Waals surface area contributed by atoms with Crippen LogP contribution in [-0.2, 0) is 15.5 Å². The number of aliphatic hydroxyl groups is 1. The van der Waals surface area contributed by atoms with Crippen molar-refractivity contribution in [3.63, 3.8) is 0 Å². The van der Waals surface area contributed by atoms with Crippen molar-refractivity contribution in [2.45, 2.75) is 52.2 Å². The summed E-state index contributed by atoms with van der Waals surface area (Å²) in [5.74, 6) is 0.482. The molecule has 0 radical (unpaired) electrons. The molecule has 14 heavy (non-hydrogen) atoms. The third-order valence-electron chi connectivity index (χ3n) is 1.99. The predicted octanol–water partition coefficient (Wildman–Crippen LogP) is 1.72. The van der Waals surface area contributed by atoms with Crippen molar-refractivity contribution < 1.29 is 18.1 Å². The molecule has 0 aliphatic heterocycles. The molecule has 0 aromatic rings. The molecule has 0 aliphatic rings. The van der Waals surface area contributed by atoms with Gasteiger partial charge in [0, 0.05) is 0 Å². The molecule has 0 saturated carbocycles. The number of hydrogen-bond donors (Lipinski definition) is 2. The first-order valence-electron chi connectivity index (χ1n) is 4.74. The Morgan fingerprint density at radius 3 is 2.14 bits per heavy atom. The van der Waals surface area contributed by atoms with E-state index in [-0.39, 0.29) is 0 Å². The Morgan fingerprint density at radius 1 is 1.36 bits per heavy atom. The van der Waals surface area contributed by atoms with Gasteiger partial charge in [0.25, 0.3) is 0 Å². The van der Waals surface area contributed by atoms with Gasteiger partial charge >= 0.3 is 11.4 Å². The lowest BCUT2D eigenvalue weighted by Gasteiger charge is -2.27. The fourth-order valence-corrected chi connectivity index (χ4v) is 1.63. The summed E-state index contributed by atoms with van der Waals surface area (Å²) in [5.41, 5.74) is -1.09. The van der Waals surface area contributed by atoms with Gasteiger partial charge in [0.05, 0.1) is 5.60 Å². The fraction of sp³-hybridized carbons (Fsp3) is 1.00. The van der Waals surface area contributed by atoms with E-state index in [9.17, 15) is 9.32 Å². The molecule has 0 aromatic carbocycles. The maximum Gasteiger partial charge on any atom is 0.302 e. The molecule has 0 fully saturated rings. The summed E-state index contributed by atoms with van der Waals surface area (Å²) in [4.78, 5) is 0. The van der Waals surface area contributed by atoms with E-state index in [4.69, 9.17) is 8.74 Å². The number of rotatable bonds is 6. The van der Waals surface area contributed by atoms with Crippen LogP contribution in [0.5, 0.6) is 0 Å². The molecule has 0 bridgehead atoms. The molecule has 2 atom stereocenters. The Morgan fingerprint density at radius 2 is 1.86 bits per heavy atom. The van der Waals surface area contributed by atoms with Gasteiger partial charge in [-0.25, -0.2) is 0 Å². The van der Waals surface area contributed by atoms with Crippen molar-refractivity contribution in [1.82, 2.24) is 0 Å². The predicted molar refractivity (Wildman–Crippen MR) is 56.0 cm³/mol. The standard InChI is InChI=1S/C9H20O4S/c1-7(2)5-6-8(9(3,4)10)13-14(11)12/h7-8,10H,5-6H2,1-4H3,(H,11,12). The Bertz CT molecular complexity index is 186. The Kier molecular flexibility index (Phi) is 5.81. The van der Waals surface area contributed by atoms with Crippen LogP contribution < -0.4 is 0 Å². The second-order valence-corrected chi connectivity index (χ2v) is 5.05. The second-order valence-electron chi connectivity index (χ2n) is 4.43. The first-order valence-corrected chi connectivity index (χ1v) is 5.77. The molecule has 5 heteroatoms. The minimum Gasteiger partial charge on any atom is -0.388 e. The molecule has 0 spiro atoms. The van der Waals surface area contributed by atoms with E-state index in [0.29, 0.717) is 12.3 Å². The summed E-state index contributed by atoms with van der Waals surface area (Å²) >= 11 is -2.32. The summed E-state index contributed by atoms with van der Waals surface area (Å²) in [7, 11) is 0. The average molecular weight is 224 g/mol. The van der Waals surface area contributed by atoms with E-state index >= 15 is 0 Å². The van der Waals surface area contributed by atoms with Crippen LogP contribution >= 0.6 is 0 Å². The van der Waals surface area contributed by atoms with Gasteiger partial charge in [-0.2, -0.15) is 4.21 Å². The maximum absolute atomic E-state index is 10.5. The second kappa shape index (κ2) is 5.80. The normalized spacial score (nSPS) is 17.1. The van der Waals surface area contributed by atoms with E-state index in [1.165, 1.54) is 0 Å². The van der Waals surface area contributed by atoms with Gasteiger partial charge in [-0.1, -0.05) is 13.8 Å². The van der Waals surface area contributed by atoms with Gasteiger partial charge in [-0.15, -0.1) is 0 Å². The van der Waals surface area contributed by atoms with Crippen LogP contribution in [0.2, 0.25) is 0 Å². The molecule has 0 heterocycles. The molecule has 0 rings (SSSR count). The first-order chi connectivity index (χ1) is 6.23. The topological polar surface area (TPSA) is 66.8 Å². The Balaban J connectivity index is 4.19. The van der Waals surface area contributed by atoms with E-state index in [1.807, 2.05) is 0 Å². The van der Waals surface area contributed by atoms with Crippen LogP contribution in [0.4, 0.5) is 0 Å². The van der Waals surface area contributed by atoms with Gasteiger partial charge in [-0.05, 0) is 32.6 Å². The summed E-state index contributed by atoms with van der Waals surface area (Å²) < 4.78 is 23.8. The lowest BCUT2D eigenvalue weighted by molar-refractivity contribution is -0.0369. The molecule has 0 saturated heterocycles. The average Bonchev–Trinajstić information content (AvgIpc) is 1.94. The largest absolute Gasteiger partial charge is 0.388 e. The van der Waals surface area contributed by atoms with Crippen LogP contribution in [0.1, 0.15) is 40.5 Å². The lowest BCUT2D eigenvalue weighted by Crippen LogP contribution is -2.38. The first kappa shape index (κ1) is 14.0. The van der Waals surface area contributed by atoms with Crippen LogP contribution in [-0.4, -0.2) is 25.6 Å². The smallest absolute Gasteiger partial charge is 0.302 e. The highest BCUT2D eigenvalue weighted by Crippen LogP contribution is 2.20. The molecule has 2 unspecified atom stereocenters. The van der Waals surface area contributed by atoms with Crippen molar-refractivity contribution in [2.75, 3.05) is 0 Å². The zero-order valence-corrected chi connectivity index (χ0v) is 10.0. The van der Waals surface area contributed by atoms with E-state index in [2.05, 4.69) is 13.8 Å². The summed E-state index contributed by atoms with van der Waals surface area (Å²) in [6.07, 6.45) is 0.829. The molecule has 2 N–H and O–H groups in total. The summed E-state index contributed by atoms with van der Waals surface area (Å²) in [5, 5.41) is 9.67. The molecule has 0 aliphatic carbocycles. The van der Waals surface area contributed by atoms with Crippen molar-refractivity contribution in [1.29, 1.82) is 0 Å². The van der Waals surface area contributed by atoms with Crippen molar-refractivity contribution in [2.24, 2.45) is 5.92 Å².